The number of likely N-dealkylation sites (tertiary alicyclic amines) is 1. The number of fused-ring (bicyclic) bond motifs is 5. The zero-order chi connectivity index (χ0) is 24.6. The first-order chi connectivity index (χ1) is 17.5. The van der Waals surface area contributed by atoms with Crippen molar-refractivity contribution in [2.24, 2.45) is 11.8 Å². The van der Waals surface area contributed by atoms with Gasteiger partial charge in [0.05, 0.1) is 11.8 Å². The summed E-state index contributed by atoms with van der Waals surface area (Å²) in [5.41, 5.74) is 2.05. The Kier molecular flexibility index (Phi) is 4.85. The lowest BCUT2D eigenvalue weighted by molar-refractivity contribution is -0.146. The van der Waals surface area contributed by atoms with Crippen LogP contribution in [-0.4, -0.2) is 39.7 Å². The van der Waals surface area contributed by atoms with Crippen LogP contribution < -0.4 is 10.6 Å². The SMILES string of the molecule is O=C1C2C(Cc3c[nH]c4ccccc34)NC3(C(=O)Nc4ccc(Cl)cc43)C2C(=O)N1C1CCCCC1. The molecule has 4 unspecified atom stereocenters. The minimum absolute atomic E-state index is 0.0848. The van der Waals surface area contributed by atoms with Crippen LogP contribution in [0, 0.1) is 11.8 Å². The normalized spacial score (nSPS) is 29.9. The monoisotopic (exact) mass is 502 g/mol. The van der Waals surface area contributed by atoms with Gasteiger partial charge < -0.3 is 10.3 Å². The number of anilines is 1. The molecule has 2 aromatic carbocycles. The molecule has 4 aliphatic rings. The minimum atomic E-state index is -1.32. The molecular formula is C28H27ClN4O3. The van der Waals surface area contributed by atoms with Gasteiger partial charge in [-0.1, -0.05) is 49.1 Å². The molecule has 0 radical (unpaired) electrons. The van der Waals surface area contributed by atoms with Crippen molar-refractivity contribution in [1.29, 1.82) is 0 Å². The topological polar surface area (TPSA) is 94.3 Å². The van der Waals surface area contributed by atoms with E-state index in [4.69, 9.17) is 11.6 Å². The second-order valence-electron chi connectivity index (χ2n) is 10.6. The highest BCUT2D eigenvalue weighted by Crippen LogP contribution is 2.54. The lowest BCUT2D eigenvalue weighted by Crippen LogP contribution is -2.54. The summed E-state index contributed by atoms with van der Waals surface area (Å²) in [5.74, 6) is -2.09. The van der Waals surface area contributed by atoms with Crippen LogP contribution in [0.5, 0.6) is 0 Å². The smallest absolute Gasteiger partial charge is 0.250 e. The number of carbonyl (C=O) groups is 3. The number of aromatic amines is 1. The Morgan fingerprint density at radius 1 is 1.00 bits per heavy atom. The van der Waals surface area contributed by atoms with E-state index in [1.54, 1.807) is 18.2 Å². The van der Waals surface area contributed by atoms with Crippen LogP contribution in [0.25, 0.3) is 10.9 Å². The van der Waals surface area contributed by atoms with Crippen LogP contribution in [-0.2, 0) is 26.3 Å². The van der Waals surface area contributed by atoms with Gasteiger partial charge in [0.25, 0.3) is 0 Å². The number of para-hydroxylation sites is 1. The van der Waals surface area contributed by atoms with Crippen molar-refractivity contribution in [1.82, 2.24) is 15.2 Å². The van der Waals surface area contributed by atoms with Crippen LogP contribution in [0.4, 0.5) is 5.69 Å². The Hall–Kier alpha value is -3.16. The number of hydrogen-bond acceptors (Lipinski definition) is 4. The summed E-state index contributed by atoms with van der Waals surface area (Å²) in [6.45, 7) is 0. The highest BCUT2D eigenvalue weighted by atomic mass is 35.5. The summed E-state index contributed by atoms with van der Waals surface area (Å²) in [4.78, 5) is 46.7. The highest BCUT2D eigenvalue weighted by molar-refractivity contribution is 6.31. The quantitative estimate of drug-likeness (QED) is 0.470. The number of H-pyrrole nitrogens is 1. The van der Waals surface area contributed by atoms with Crippen LogP contribution in [0.3, 0.4) is 0 Å². The van der Waals surface area contributed by atoms with Crippen molar-refractivity contribution in [2.45, 2.75) is 56.1 Å². The maximum atomic E-state index is 14.1. The number of nitrogens with zero attached hydrogens (tertiary/aromatic N) is 1. The number of imide groups is 1. The standard InChI is InChI=1S/C28H27ClN4O3/c29-16-10-11-21-19(13-16)28(27(36)31-21)24-23(25(34)33(26(24)35)17-6-2-1-3-7-17)22(32-28)12-15-14-30-20-9-5-4-8-18(15)20/h4-5,8-11,13-14,17,22-24,30,32H,1-3,6-7,12H2,(H,31,36). The van der Waals surface area contributed by atoms with E-state index in [0.29, 0.717) is 22.7 Å². The molecule has 3 fully saturated rings. The van der Waals surface area contributed by atoms with Crippen molar-refractivity contribution < 1.29 is 14.4 Å². The Labute approximate surface area is 213 Å². The van der Waals surface area contributed by atoms with Gasteiger partial charge in [0.2, 0.25) is 17.7 Å². The van der Waals surface area contributed by atoms with Crippen molar-refractivity contribution in [3.8, 4) is 0 Å². The predicted molar refractivity (Wildman–Crippen MR) is 136 cm³/mol. The average molecular weight is 503 g/mol. The summed E-state index contributed by atoms with van der Waals surface area (Å²) in [5, 5.41) is 8.07. The molecular weight excluding hydrogens is 476 g/mol. The average Bonchev–Trinajstić information content (AvgIpc) is 3.59. The zero-order valence-electron chi connectivity index (χ0n) is 19.7. The van der Waals surface area contributed by atoms with E-state index in [-0.39, 0.29) is 29.8 Å². The molecule has 3 N–H and O–H groups in total. The molecule has 36 heavy (non-hydrogen) atoms. The van der Waals surface area contributed by atoms with Gasteiger partial charge in [-0.25, -0.2) is 0 Å². The number of nitrogens with one attached hydrogen (secondary N) is 3. The maximum Gasteiger partial charge on any atom is 0.250 e. The van der Waals surface area contributed by atoms with Gasteiger partial charge in [0.1, 0.15) is 5.54 Å². The fourth-order valence-electron chi connectivity index (χ4n) is 7.21. The zero-order valence-corrected chi connectivity index (χ0v) is 20.5. The molecule has 2 saturated heterocycles. The first-order valence-corrected chi connectivity index (χ1v) is 13.2. The lowest BCUT2D eigenvalue weighted by Gasteiger charge is -2.34. The molecule has 7 rings (SSSR count). The van der Waals surface area contributed by atoms with Crippen LogP contribution in [0.15, 0.2) is 48.7 Å². The molecule has 8 heteroatoms. The Balaban J connectivity index is 1.36. The molecule has 3 aliphatic heterocycles. The van der Waals surface area contributed by atoms with Gasteiger partial charge in [-0.3, -0.25) is 24.6 Å². The Morgan fingerprint density at radius 3 is 2.64 bits per heavy atom. The number of amides is 3. The predicted octanol–water partition coefficient (Wildman–Crippen LogP) is 4.12. The van der Waals surface area contributed by atoms with Crippen LogP contribution in [0.2, 0.25) is 5.02 Å². The molecule has 0 bridgehead atoms. The number of carbonyl (C=O) groups excluding carboxylic acids is 3. The van der Waals surface area contributed by atoms with Crippen LogP contribution in [0.1, 0.15) is 43.2 Å². The molecule has 4 heterocycles. The second kappa shape index (κ2) is 7.92. The summed E-state index contributed by atoms with van der Waals surface area (Å²) < 4.78 is 0. The molecule has 3 amide bonds. The minimum Gasteiger partial charge on any atom is -0.361 e. The van der Waals surface area contributed by atoms with E-state index in [1.165, 1.54) is 4.90 Å². The summed E-state index contributed by atoms with van der Waals surface area (Å²) in [7, 11) is 0. The van der Waals surface area contributed by atoms with E-state index in [9.17, 15) is 14.4 Å². The summed E-state index contributed by atoms with van der Waals surface area (Å²) >= 11 is 6.37. The number of halogens is 1. The summed E-state index contributed by atoms with van der Waals surface area (Å²) in [6.07, 6.45) is 7.30. The lowest BCUT2D eigenvalue weighted by atomic mass is 9.76. The third-order valence-electron chi connectivity index (χ3n) is 8.77. The van der Waals surface area contributed by atoms with E-state index in [0.717, 1.165) is 48.6 Å². The second-order valence-corrected chi connectivity index (χ2v) is 11.0. The van der Waals surface area contributed by atoms with Gasteiger partial charge >= 0.3 is 0 Å². The van der Waals surface area contributed by atoms with Crippen molar-refractivity contribution in [3.63, 3.8) is 0 Å². The molecule has 3 aromatic rings. The first-order valence-electron chi connectivity index (χ1n) is 12.8. The Bertz CT molecular complexity index is 1430. The molecule has 7 nitrogen and oxygen atoms in total. The number of rotatable bonds is 3. The highest BCUT2D eigenvalue weighted by Gasteiger charge is 2.70. The number of hydrogen-bond donors (Lipinski definition) is 3. The first kappa shape index (κ1) is 22.1. The third-order valence-corrected chi connectivity index (χ3v) is 9.00. The third kappa shape index (κ3) is 2.93. The van der Waals surface area contributed by atoms with Gasteiger partial charge in [0, 0.05) is 45.5 Å². The molecule has 1 saturated carbocycles. The Morgan fingerprint density at radius 2 is 1.81 bits per heavy atom. The van der Waals surface area contributed by atoms with E-state index < -0.39 is 17.4 Å². The van der Waals surface area contributed by atoms with Gasteiger partial charge in [0.15, 0.2) is 0 Å². The molecule has 184 valence electrons. The molecule has 4 atom stereocenters. The summed E-state index contributed by atoms with van der Waals surface area (Å²) in [6, 6.07) is 12.8. The van der Waals surface area contributed by atoms with E-state index in [1.807, 2.05) is 24.4 Å². The van der Waals surface area contributed by atoms with Crippen molar-refractivity contribution >= 4 is 45.9 Å². The van der Waals surface area contributed by atoms with Gasteiger partial charge in [-0.05, 0) is 49.1 Å². The molecule has 1 aliphatic carbocycles. The fourth-order valence-corrected chi connectivity index (χ4v) is 7.38. The number of benzene rings is 2. The van der Waals surface area contributed by atoms with Gasteiger partial charge in [-0.15, -0.1) is 0 Å². The van der Waals surface area contributed by atoms with E-state index >= 15 is 0 Å². The molecule has 1 aromatic heterocycles. The largest absolute Gasteiger partial charge is 0.361 e. The van der Waals surface area contributed by atoms with Crippen LogP contribution >= 0.6 is 11.6 Å². The van der Waals surface area contributed by atoms with Crippen molar-refractivity contribution in [2.75, 3.05) is 5.32 Å². The maximum absolute atomic E-state index is 14.1. The fraction of sp³-hybridized carbons (Fsp3) is 0.393. The van der Waals surface area contributed by atoms with E-state index in [2.05, 4.69) is 21.7 Å². The number of aromatic nitrogens is 1. The van der Waals surface area contributed by atoms with Gasteiger partial charge in [-0.2, -0.15) is 0 Å². The molecule has 1 spiro atoms. The van der Waals surface area contributed by atoms with Crippen molar-refractivity contribution in [3.05, 3.63) is 64.8 Å².